The number of aryl methyl sites for hydroxylation is 1. The molecule has 0 amide bonds. The summed E-state index contributed by atoms with van der Waals surface area (Å²) in [4.78, 5) is -0.0264. The number of alkyl halides is 1. The molecule has 30 heavy (non-hydrogen) atoms. The summed E-state index contributed by atoms with van der Waals surface area (Å²) in [6.45, 7) is 2.25. The van der Waals surface area contributed by atoms with Crippen LogP contribution in [0.25, 0.3) is 0 Å². The highest BCUT2D eigenvalue weighted by Gasteiger charge is 2.47. The van der Waals surface area contributed by atoms with Crippen molar-refractivity contribution < 1.29 is 31.9 Å². The van der Waals surface area contributed by atoms with E-state index in [9.17, 15) is 13.5 Å². The molecule has 0 radical (unpaired) electrons. The summed E-state index contributed by atoms with van der Waals surface area (Å²) in [6.07, 6.45) is -4.53. The van der Waals surface area contributed by atoms with Gasteiger partial charge in [0.2, 0.25) is 0 Å². The number of aliphatic hydroxyl groups excluding tert-OH is 1. The maximum Gasteiger partial charge on any atom is 0.297 e. The van der Waals surface area contributed by atoms with Crippen molar-refractivity contribution in [1.82, 2.24) is 0 Å². The van der Waals surface area contributed by atoms with Gasteiger partial charge in [0.1, 0.15) is 18.3 Å². The molecule has 2 aromatic carbocycles. The van der Waals surface area contributed by atoms with E-state index in [0.29, 0.717) is 6.61 Å². The topological polar surface area (TPSA) is 91.3 Å². The molecule has 9 heteroatoms. The Labute approximate surface area is 181 Å². The molecule has 0 saturated carbocycles. The number of aliphatic hydroxyl groups is 1. The number of halogens is 1. The Balaban J connectivity index is 1.71. The van der Waals surface area contributed by atoms with E-state index < -0.39 is 40.1 Å². The lowest BCUT2D eigenvalue weighted by Gasteiger charge is -2.41. The molecule has 1 N–H and O–H groups in total. The highest BCUT2D eigenvalue weighted by Crippen LogP contribution is 2.31. The Bertz CT molecular complexity index is 905. The molecule has 0 spiro atoms. The van der Waals surface area contributed by atoms with Gasteiger partial charge < -0.3 is 19.3 Å². The molecular weight excluding hydrogens is 432 g/mol. The summed E-state index contributed by atoms with van der Waals surface area (Å²) in [5.74, 6) is 0. The van der Waals surface area contributed by atoms with Gasteiger partial charge >= 0.3 is 0 Å². The SMILES string of the molecule is CO[C@@H]1O[C@H](COCc2ccccc2)[C@H](Cl)[C@H](OS(=O)(=O)c2ccc(C)cc2)[C@H]1O. The minimum Gasteiger partial charge on any atom is -0.385 e. The van der Waals surface area contributed by atoms with E-state index in [1.807, 2.05) is 37.3 Å². The number of methoxy groups -OCH3 is 1. The van der Waals surface area contributed by atoms with Crippen LogP contribution in [-0.2, 0) is 35.1 Å². The molecule has 0 aromatic heterocycles. The Morgan fingerprint density at radius 3 is 2.40 bits per heavy atom. The number of benzene rings is 2. The van der Waals surface area contributed by atoms with E-state index in [4.69, 9.17) is 30.0 Å². The number of hydrogen-bond donors (Lipinski definition) is 1. The van der Waals surface area contributed by atoms with Crippen molar-refractivity contribution in [3.63, 3.8) is 0 Å². The van der Waals surface area contributed by atoms with Crippen molar-refractivity contribution in [3.05, 3.63) is 65.7 Å². The molecule has 2 aromatic rings. The second kappa shape index (κ2) is 10.2. The predicted octanol–water partition coefficient (Wildman–Crippen LogP) is 2.63. The van der Waals surface area contributed by atoms with Gasteiger partial charge in [-0.1, -0.05) is 48.0 Å². The molecule has 0 unspecified atom stereocenters. The summed E-state index contributed by atoms with van der Waals surface area (Å²) in [6, 6.07) is 15.7. The fourth-order valence-corrected chi connectivity index (χ4v) is 4.59. The van der Waals surface area contributed by atoms with E-state index in [-0.39, 0.29) is 11.5 Å². The second-order valence-electron chi connectivity index (χ2n) is 7.04. The molecule has 5 atom stereocenters. The van der Waals surface area contributed by atoms with E-state index in [2.05, 4.69) is 0 Å². The molecular formula is C21H25ClO7S. The summed E-state index contributed by atoms with van der Waals surface area (Å²) in [5.41, 5.74) is 1.88. The Morgan fingerprint density at radius 1 is 1.10 bits per heavy atom. The van der Waals surface area contributed by atoms with Gasteiger partial charge in [0.15, 0.2) is 6.29 Å². The van der Waals surface area contributed by atoms with Crippen molar-refractivity contribution >= 4 is 21.7 Å². The first-order chi connectivity index (χ1) is 14.3. The third-order valence-electron chi connectivity index (χ3n) is 4.77. The first-order valence-electron chi connectivity index (χ1n) is 9.44. The van der Waals surface area contributed by atoms with Crippen molar-refractivity contribution in [2.24, 2.45) is 0 Å². The van der Waals surface area contributed by atoms with Crippen LogP contribution in [0.5, 0.6) is 0 Å². The summed E-state index contributed by atoms with van der Waals surface area (Å²) in [5, 5.41) is 9.53. The molecule has 164 valence electrons. The van der Waals surface area contributed by atoms with Crippen molar-refractivity contribution in [2.75, 3.05) is 13.7 Å². The minimum absolute atomic E-state index is 0.0264. The summed E-state index contributed by atoms with van der Waals surface area (Å²) < 4.78 is 47.2. The van der Waals surface area contributed by atoms with Gasteiger partial charge in [0, 0.05) is 7.11 Å². The van der Waals surface area contributed by atoms with Gasteiger partial charge in [0.05, 0.1) is 23.5 Å². The molecule has 1 fully saturated rings. The van der Waals surface area contributed by atoms with Crippen LogP contribution in [0.1, 0.15) is 11.1 Å². The zero-order valence-electron chi connectivity index (χ0n) is 16.7. The van der Waals surface area contributed by atoms with E-state index in [0.717, 1.165) is 11.1 Å². The van der Waals surface area contributed by atoms with Crippen LogP contribution in [0, 0.1) is 6.92 Å². The van der Waals surface area contributed by atoms with Crippen molar-refractivity contribution in [2.45, 2.75) is 48.4 Å². The fourth-order valence-electron chi connectivity index (χ4n) is 3.09. The van der Waals surface area contributed by atoms with Crippen LogP contribution in [0.4, 0.5) is 0 Å². The van der Waals surface area contributed by atoms with Crippen LogP contribution in [-0.4, -0.2) is 57.2 Å². The van der Waals surface area contributed by atoms with Crippen molar-refractivity contribution in [1.29, 1.82) is 0 Å². The number of rotatable bonds is 8. The van der Waals surface area contributed by atoms with Crippen LogP contribution < -0.4 is 0 Å². The molecule has 0 bridgehead atoms. The Morgan fingerprint density at radius 2 is 1.77 bits per heavy atom. The van der Waals surface area contributed by atoms with Gasteiger partial charge in [-0.05, 0) is 24.6 Å². The molecule has 1 aliphatic rings. The molecule has 1 aliphatic heterocycles. The quantitative estimate of drug-likeness (QED) is 0.482. The molecule has 7 nitrogen and oxygen atoms in total. The van der Waals surface area contributed by atoms with Crippen molar-refractivity contribution in [3.8, 4) is 0 Å². The van der Waals surface area contributed by atoms with Gasteiger partial charge in [-0.2, -0.15) is 8.42 Å². The number of hydrogen-bond acceptors (Lipinski definition) is 7. The third kappa shape index (κ3) is 5.59. The molecule has 0 aliphatic carbocycles. The highest BCUT2D eigenvalue weighted by atomic mass is 35.5. The second-order valence-corrected chi connectivity index (χ2v) is 9.12. The first-order valence-corrected chi connectivity index (χ1v) is 11.3. The van der Waals surface area contributed by atoms with Gasteiger partial charge in [-0.3, -0.25) is 4.18 Å². The smallest absolute Gasteiger partial charge is 0.297 e. The molecule has 3 rings (SSSR count). The monoisotopic (exact) mass is 456 g/mol. The summed E-state index contributed by atoms with van der Waals surface area (Å²) in [7, 11) is -2.81. The Kier molecular flexibility index (Phi) is 7.86. The zero-order chi connectivity index (χ0) is 21.7. The van der Waals surface area contributed by atoms with Gasteiger partial charge in [0.25, 0.3) is 10.1 Å². The predicted molar refractivity (Wildman–Crippen MR) is 111 cm³/mol. The largest absolute Gasteiger partial charge is 0.385 e. The van der Waals surface area contributed by atoms with Crippen LogP contribution in [0.3, 0.4) is 0 Å². The number of ether oxygens (including phenoxy) is 3. The minimum atomic E-state index is -4.16. The van der Waals surface area contributed by atoms with E-state index in [1.165, 1.54) is 19.2 Å². The van der Waals surface area contributed by atoms with Crippen LogP contribution in [0.15, 0.2) is 59.5 Å². The zero-order valence-corrected chi connectivity index (χ0v) is 18.3. The maximum atomic E-state index is 12.7. The average molecular weight is 457 g/mol. The molecule has 1 saturated heterocycles. The average Bonchev–Trinajstić information content (AvgIpc) is 2.74. The lowest BCUT2D eigenvalue weighted by molar-refractivity contribution is -0.258. The van der Waals surface area contributed by atoms with E-state index >= 15 is 0 Å². The van der Waals surface area contributed by atoms with Gasteiger partial charge in [-0.15, -0.1) is 11.6 Å². The first kappa shape index (κ1) is 23.1. The normalized spacial score (nSPS) is 27.1. The highest BCUT2D eigenvalue weighted by molar-refractivity contribution is 7.86. The summed E-state index contributed by atoms with van der Waals surface area (Å²) >= 11 is 6.46. The third-order valence-corrected chi connectivity index (χ3v) is 6.62. The standard InChI is InChI=1S/C21H25ClO7S/c1-14-8-10-16(11-9-14)30(24,25)29-20-18(22)17(28-21(26-2)19(20)23)13-27-12-15-6-4-3-5-7-15/h3-11,17-21,23H,12-13H2,1-2H3/t17-,18+,19-,20+,21-/m1/s1. The van der Waals surface area contributed by atoms with Crippen LogP contribution >= 0.6 is 11.6 Å². The molecule has 1 heterocycles. The van der Waals surface area contributed by atoms with E-state index in [1.54, 1.807) is 12.1 Å². The Hall–Kier alpha value is -1.52. The lowest BCUT2D eigenvalue weighted by atomic mass is 10.0. The van der Waals surface area contributed by atoms with Crippen LogP contribution in [0.2, 0.25) is 0 Å². The maximum absolute atomic E-state index is 12.7. The lowest BCUT2D eigenvalue weighted by Crippen LogP contribution is -2.58. The fraction of sp³-hybridized carbons (Fsp3) is 0.429. The van der Waals surface area contributed by atoms with Gasteiger partial charge in [-0.25, -0.2) is 0 Å².